The molecule has 3 rings (SSSR count). The summed E-state index contributed by atoms with van der Waals surface area (Å²) >= 11 is 0. The Morgan fingerprint density at radius 2 is 2.43 bits per heavy atom. The van der Waals surface area contributed by atoms with Crippen LogP contribution < -0.4 is 15.4 Å². The Kier molecular flexibility index (Phi) is 3.76. The van der Waals surface area contributed by atoms with Crippen LogP contribution in [-0.2, 0) is 7.05 Å². The van der Waals surface area contributed by atoms with E-state index in [0.717, 1.165) is 19.3 Å². The summed E-state index contributed by atoms with van der Waals surface area (Å²) in [7, 11) is 1.84. The molecule has 21 heavy (non-hydrogen) atoms. The van der Waals surface area contributed by atoms with Gasteiger partial charge in [0.1, 0.15) is 12.4 Å². The van der Waals surface area contributed by atoms with Gasteiger partial charge in [0.25, 0.3) is 0 Å². The molecule has 0 spiro atoms. The molecule has 8 nitrogen and oxygen atoms in total. The minimum absolute atomic E-state index is 0.0305. The first kappa shape index (κ1) is 13.5. The van der Waals surface area contributed by atoms with Gasteiger partial charge in [-0.1, -0.05) is 5.16 Å². The molecule has 0 aromatic carbocycles. The second-order valence-corrected chi connectivity index (χ2v) is 5.03. The van der Waals surface area contributed by atoms with Gasteiger partial charge >= 0.3 is 6.03 Å². The number of aromatic nitrogens is 3. The summed E-state index contributed by atoms with van der Waals surface area (Å²) in [5.41, 5.74) is 0. The Balaban J connectivity index is 1.55. The van der Waals surface area contributed by atoms with E-state index in [-0.39, 0.29) is 18.2 Å². The summed E-state index contributed by atoms with van der Waals surface area (Å²) in [6, 6.07) is 1.24. The van der Waals surface area contributed by atoms with Crippen molar-refractivity contribution in [2.24, 2.45) is 7.05 Å². The first-order valence-corrected chi connectivity index (χ1v) is 6.84. The molecule has 0 radical (unpaired) electrons. The van der Waals surface area contributed by atoms with Gasteiger partial charge in [0, 0.05) is 13.1 Å². The third-order valence-electron chi connectivity index (χ3n) is 3.42. The zero-order valence-electron chi connectivity index (χ0n) is 11.7. The van der Waals surface area contributed by atoms with Crippen molar-refractivity contribution >= 4 is 11.8 Å². The van der Waals surface area contributed by atoms with Crippen LogP contribution in [-0.4, -0.2) is 33.1 Å². The second kappa shape index (κ2) is 5.86. The van der Waals surface area contributed by atoms with E-state index in [1.807, 2.05) is 13.2 Å². The maximum atomic E-state index is 11.9. The number of hydrogen-bond donors (Lipinski definition) is 2. The number of urea groups is 1. The molecule has 2 heterocycles. The quantitative estimate of drug-likeness (QED) is 0.891. The van der Waals surface area contributed by atoms with Crippen LogP contribution in [0, 0.1) is 0 Å². The highest BCUT2D eigenvalue weighted by Gasteiger charge is 2.30. The molecule has 2 aromatic rings. The monoisotopic (exact) mass is 291 g/mol. The smallest absolute Gasteiger partial charge is 0.320 e. The lowest BCUT2D eigenvalue weighted by atomic mass is 10.2. The summed E-state index contributed by atoms with van der Waals surface area (Å²) in [6.45, 7) is 0. The van der Waals surface area contributed by atoms with E-state index in [4.69, 9.17) is 4.74 Å². The molecule has 1 aliphatic rings. The number of amides is 2. The van der Waals surface area contributed by atoms with Crippen LogP contribution in [0.5, 0.6) is 5.75 Å². The number of anilines is 1. The average Bonchev–Trinajstić information content (AvgIpc) is 3.15. The summed E-state index contributed by atoms with van der Waals surface area (Å²) in [5.74, 6) is 1.10. The zero-order valence-corrected chi connectivity index (χ0v) is 11.7. The molecule has 0 bridgehead atoms. The van der Waals surface area contributed by atoms with Gasteiger partial charge < -0.3 is 14.6 Å². The van der Waals surface area contributed by atoms with E-state index in [9.17, 15) is 4.79 Å². The number of hydrogen-bond acceptors (Lipinski definition) is 5. The van der Waals surface area contributed by atoms with Crippen molar-refractivity contribution in [1.29, 1.82) is 0 Å². The highest BCUT2D eigenvalue weighted by atomic mass is 16.5. The molecule has 0 aliphatic heterocycles. The Bertz CT molecular complexity index is 595. The van der Waals surface area contributed by atoms with Gasteiger partial charge in [-0.05, 0) is 19.3 Å². The molecule has 8 heteroatoms. The molecule has 2 aromatic heterocycles. The first-order valence-electron chi connectivity index (χ1n) is 6.84. The second-order valence-electron chi connectivity index (χ2n) is 5.03. The normalized spacial score (nSPS) is 21.2. The van der Waals surface area contributed by atoms with Crippen molar-refractivity contribution in [3.63, 3.8) is 0 Å². The molecule has 1 aliphatic carbocycles. The third kappa shape index (κ3) is 3.33. The highest BCUT2D eigenvalue weighted by Crippen LogP contribution is 2.24. The molecule has 112 valence electrons. The number of nitrogens with one attached hydrogen (secondary N) is 2. The van der Waals surface area contributed by atoms with Crippen molar-refractivity contribution in [3.8, 4) is 5.75 Å². The van der Waals surface area contributed by atoms with Crippen molar-refractivity contribution in [2.45, 2.75) is 31.4 Å². The first-order chi connectivity index (χ1) is 10.2. The Morgan fingerprint density at radius 1 is 1.52 bits per heavy atom. The van der Waals surface area contributed by atoms with Crippen molar-refractivity contribution < 1.29 is 14.1 Å². The van der Waals surface area contributed by atoms with Crippen molar-refractivity contribution in [3.05, 3.63) is 24.7 Å². The Morgan fingerprint density at radius 3 is 3.14 bits per heavy atom. The van der Waals surface area contributed by atoms with Gasteiger partial charge in [-0.15, -0.1) is 0 Å². The summed E-state index contributed by atoms with van der Waals surface area (Å²) < 4.78 is 12.2. The zero-order chi connectivity index (χ0) is 14.7. The minimum Gasteiger partial charge on any atom is -0.485 e. The van der Waals surface area contributed by atoms with E-state index in [1.165, 1.54) is 6.26 Å². The molecule has 2 atom stereocenters. The predicted molar refractivity (Wildman–Crippen MR) is 73.9 cm³/mol. The summed E-state index contributed by atoms with van der Waals surface area (Å²) in [4.78, 5) is 11.9. The SMILES string of the molecule is Cn1cc(O[C@@H]2CCC[C@@H]2NC(=O)Nc2ccon2)cn1. The molecule has 0 saturated heterocycles. The molecule has 2 amide bonds. The molecular formula is C13H17N5O3. The third-order valence-corrected chi connectivity index (χ3v) is 3.42. The van der Waals surface area contributed by atoms with E-state index < -0.39 is 0 Å². The molecule has 1 fully saturated rings. The van der Waals surface area contributed by atoms with Crippen LogP contribution in [0.3, 0.4) is 0 Å². The van der Waals surface area contributed by atoms with Gasteiger partial charge in [0.15, 0.2) is 11.6 Å². The van der Waals surface area contributed by atoms with Crippen LogP contribution in [0.15, 0.2) is 29.2 Å². The fourth-order valence-electron chi connectivity index (χ4n) is 2.46. The number of carbonyl (C=O) groups excluding carboxylic acids is 1. The van der Waals surface area contributed by atoms with Crippen LogP contribution in [0.2, 0.25) is 0 Å². The minimum atomic E-state index is -0.310. The van der Waals surface area contributed by atoms with Crippen LogP contribution in [0.4, 0.5) is 10.6 Å². The highest BCUT2D eigenvalue weighted by molar-refractivity contribution is 5.88. The van der Waals surface area contributed by atoms with Gasteiger partial charge in [-0.3, -0.25) is 10.00 Å². The molecule has 0 unspecified atom stereocenters. The van der Waals surface area contributed by atoms with Gasteiger partial charge in [-0.2, -0.15) is 5.10 Å². The Labute approximate surface area is 121 Å². The maximum absolute atomic E-state index is 11.9. The topological polar surface area (TPSA) is 94.2 Å². The maximum Gasteiger partial charge on any atom is 0.320 e. The summed E-state index contributed by atoms with van der Waals surface area (Å²) in [6.07, 6.45) is 7.65. The van der Waals surface area contributed by atoms with Gasteiger partial charge in [0.2, 0.25) is 0 Å². The number of ether oxygens (including phenoxy) is 1. The fraction of sp³-hybridized carbons (Fsp3) is 0.462. The van der Waals surface area contributed by atoms with Crippen molar-refractivity contribution in [1.82, 2.24) is 20.3 Å². The van der Waals surface area contributed by atoms with Gasteiger partial charge in [-0.25, -0.2) is 4.79 Å². The van der Waals surface area contributed by atoms with Crippen LogP contribution >= 0.6 is 0 Å². The van der Waals surface area contributed by atoms with E-state index >= 15 is 0 Å². The standard InChI is InChI=1S/C13H17N5O3/c1-18-8-9(7-14-18)21-11-4-2-3-10(11)15-13(19)16-12-5-6-20-17-12/h5-8,10-11H,2-4H2,1H3,(H2,15,16,17,19)/t10-,11+/m0/s1. The lowest BCUT2D eigenvalue weighted by Gasteiger charge is -2.21. The lowest BCUT2D eigenvalue weighted by Crippen LogP contribution is -2.44. The van der Waals surface area contributed by atoms with E-state index in [2.05, 4.69) is 25.4 Å². The lowest BCUT2D eigenvalue weighted by molar-refractivity contribution is 0.175. The van der Waals surface area contributed by atoms with E-state index in [0.29, 0.717) is 11.6 Å². The average molecular weight is 291 g/mol. The number of aryl methyl sites for hydroxylation is 1. The van der Waals surface area contributed by atoms with Crippen LogP contribution in [0.1, 0.15) is 19.3 Å². The number of carbonyl (C=O) groups is 1. The number of nitrogens with zero attached hydrogens (tertiary/aromatic N) is 3. The van der Waals surface area contributed by atoms with Crippen LogP contribution in [0.25, 0.3) is 0 Å². The predicted octanol–water partition coefficient (Wildman–Crippen LogP) is 1.53. The van der Waals surface area contributed by atoms with Gasteiger partial charge in [0.05, 0.1) is 18.4 Å². The number of rotatable bonds is 4. The van der Waals surface area contributed by atoms with E-state index in [1.54, 1.807) is 16.9 Å². The summed E-state index contributed by atoms with van der Waals surface area (Å²) in [5, 5.41) is 13.2. The molecule has 1 saturated carbocycles. The molecule has 2 N–H and O–H groups in total. The largest absolute Gasteiger partial charge is 0.485 e. The Hall–Kier alpha value is -2.51. The molecular weight excluding hydrogens is 274 g/mol. The fourth-order valence-corrected chi connectivity index (χ4v) is 2.46. The van der Waals surface area contributed by atoms with Crippen molar-refractivity contribution in [2.75, 3.05) is 5.32 Å².